The van der Waals surface area contributed by atoms with E-state index in [4.69, 9.17) is 4.52 Å². The van der Waals surface area contributed by atoms with Crippen molar-refractivity contribution in [3.05, 3.63) is 76.8 Å². The van der Waals surface area contributed by atoms with Gasteiger partial charge in [-0.1, -0.05) is 49.3 Å². The van der Waals surface area contributed by atoms with Crippen LogP contribution in [-0.4, -0.2) is 56.9 Å². The lowest BCUT2D eigenvalue weighted by Crippen LogP contribution is -2.55. The van der Waals surface area contributed by atoms with E-state index >= 15 is 4.39 Å². The maximum Gasteiger partial charge on any atom is 0.255 e. The Bertz CT molecular complexity index is 1490. The highest BCUT2D eigenvalue weighted by molar-refractivity contribution is 6.05. The van der Waals surface area contributed by atoms with Crippen molar-refractivity contribution in [3.8, 4) is 11.3 Å². The van der Waals surface area contributed by atoms with Crippen molar-refractivity contribution in [2.24, 2.45) is 5.41 Å². The number of imide groups is 1. The number of nitrogens with one attached hydrogen (secondary N) is 1. The molecule has 10 heteroatoms. The normalized spacial score (nSPS) is 24.8. The number of halogens is 1. The fourth-order valence-corrected chi connectivity index (χ4v) is 6.39. The SMILES string of the molecule is CC1(C)CN(Cc2ccc(-c3ccon3)cc2)CCC1(O)c1ccc2c(c1F)CN(C1CCC(=O)NC1=O)C2=O. The van der Waals surface area contributed by atoms with E-state index < -0.39 is 34.7 Å². The molecule has 3 aliphatic heterocycles. The average molecular weight is 547 g/mol. The topological polar surface area (TPSA) is 116 Å². The van der Waals surface area contributed by atoms with Crippen LogP contribution in [-0.2, 0) is 28.3 Å². The number of rotatable bonds is 5. The quantitative estimate of drug-likeness (QED) is 0.472. The Morgan fingerprint density at radius 2 is 1.90 bits per heavy atom. The Morgan fingerprint density at radius 1 is 1.12 bits per heavy atom. The summed E-state index contributed by atoms with van der Waals surface area (Å²) in [4.78, 5) is 40.6. The fourth-order valence-electron chi connectivity index (χ4n) is 6.39. The average Bonchev–Trinajstić information content (AvgIpc) is 3.56. The van der Waals surface area contributed by atoms with Gasteiger partial charge in [-0.15, -0.1) is 0 Å². The minimum absolute atomic E-state index is 0.0763. The zero-order valence-corrected chi connectivity index (χ0v) is 22.4. The molecule has 2 saturated heterocycles. The number of likely N-dealkylation sites (tertiary alicyclic amines) is 1. The lowest BCUT2D eigenvalue weighted by Gasteiger charge is -2.50. The van der Waals surface area contributed by atoms with E-state index in [1.807, 2.05) is 44.2 Å². The van der Waals surface area contributed by atoms with Gasteiger partial charge in [-0.05, 0) is 24.5 Å². The third-order valence-corrected chi connectivity index (χ3v) is 8.72. The number of nitrogens with zero attached hydrogens (tertiary/aromatic N) is 3. The van der Waals surface area contributed by atoms with Crippen molar-refractivity contribution in [1.82, 2.24) is 20.3 Å². The van der Waals surface area contributed by atoms with Gasteiger partial charge in [0.25, 0.3) is 5.91 Å². The minimum Gasteiger partial charge on any atom is -0.384 e. The van der Waals surface area contributed by atoms with Gasteiger partial charge in [-0.2, -0.15) is 0 Å². The zero-order chi connectivity index (χ0) is 28.2. The summed E-state index contributed by atoms with van der Waals surface area (Å²) in [6.07, 6.45) is 2.18. The van der Waals surface area contributed by atoms with Gasteiger partial charge in [0, 0.05) is 59.8 Å². The van der Waals surface area contributed by atoms with Crippen LogP contribution in [0.4, 0.5) is 4.39 Å². The Labute approximate surface area is 230 Å². The molecule has 2 N–H and O–H groups in total. The summed E-state index contributed by atoms with van der Waals surface area (Å²) in [7, 11) is 0. The standard InChI is InChI=1S/C30H31FN4O5/c1-29(2)17-34(15-18-3-5-19(6-4-18)23-11-14-40-33-23)13-12-30(29,39)22-8-7-20-21(26(22)31)16-35(28(20)38)24-9-10-25(36)32-27(24)37/h3-8,11,14,24,39H,9-10,12-13,15-17H2,1-2H3,(H,32,36,37). The van der Waals surface area contributed by atoms with Gasteiger partial charge < -0.3 is 14.5 Å². The number of aromatic nitrogens is 1. The Morgan fingerprint density at radius 3 is 2.58 bits per heavy atom. The molecule has 0 bridgehead atoms. The highest BCUT2D eigenvalue weighted by atomic mass is 19.1. The maximum absolute atomic E-state index is 16.1. The molecule has 3 aliphatic rings. The van der Waals surface area contributed by atoms with Gasteiger partial charge in [-0.3, -0.25) is 24.6 Å². The van der Waals surface area contributed by atoms with E-state index in [0.29, 0.717) is 26.1 Å². The molecule has 2 fully saturated rings. The fraction of sp³-hybridized carbons (Fsp3) is 0.400. The van der Waals surface area contributed by atoms with E-state index in [2.05, 4.69) is 15.4 Å². The number of fused-ring (bicyclic) bond motifs is 1. The van der Waals surface area contributed by atoms with E-state index in [1.165, 1.54) is 17.2 Å². The second-order valence-electron chi connectivity index (χ2n) is 11.6. The Hall–Kier alpha value is -3.89. The van der Waals surface area contributed by atoms with Crippen LogP contribution < -0.4 is 5.32 Å². The number of carbonyl (C=O) groups excluding carboxylic acids is 3. The van der Waals surface area contributed by atoms with Crippen LogP contribution in [0.3, 0.4) is 0 Å². The van der Waals surface area contributed by atoms with E-state index in [9.17, 15) is 19.5 Å². The molecule has 0 spiro atoms. The highest BCUT2D eigenvalue weighted by Crippen LogP contribution is 2.48. The van der Waals surface area contributed by atoms with Crippen molar-refractivity contribution in [3.63, 3.8) is 0 Å². The van der Waals surface area contributed by atoms with Crippen molar-refractivity contribution in [2.45, 2.75) is 57.8 Å². The first-order valence-corrected chi connectivity index (χ1v) is 13.5. The highest BCUT2D eigenvalue weighted by Gasteiger charge is 2.51. The lowest BCUT2D eigenvalue weighted by molar-refractivity contribution is -0.137. The van der Waals surface area contributed by atoms with E-state index in [1.54, 1.807) is 6.07 Å². The predicted octanol–water partition coefficient (Wildman–Crippen LogP) is 3.36. The molecule has 2 atom stereocenters. The van der Waals surface area contributed by atoms with Gasteiger partial charge in [0.2, 0.25) is 11.8 Å². The second-order valence-corrected chi connectivity index (χ2v) is 11.6. The van der Waals surface area contributed by atoms with E-state index in [0.717, 1.165) is 16.8 Å². The first-order chi connectivity index (χ1) is 19.1. The largest absolute Gasteiger partial charge is 0.384 e. The van der Waals surface area contributed by atoms with E-state index in [-0.39, 0.29) is 42.0 Å². The molecule has 0 radical (unpaired) electrons. The number of aliphatic hydroxyl groups is 1. The van der Waals surface area contributed by atoms with Crippen molar-refractivity contribution in [1.29, 1.82) is 0 Å². The molecule has 2 unspecified atom stereocenters. The van der Waals surface area contributed by atoms with Crippen LogP contribution in [0.5, 0.6) is 0 Å². The number of piperidine rings is 2. The van der Waals surface area contributed by atoms with Gasteiger partial charge in [0.05, 0.1) is 12.1 Å². The van der Waals surface area contributed by atoms with Crippen molar-refractivity contribution >= 4 is 17.7 Å². The zero-order valence-electron chi connectivity index (χ0n) is 22.4. The van der Waals surface area contributed by atoms with Crippen LogP contribution in [0.15, 0.2) is 53.3 Å². The smallest absolute Gasteiger partial charge is 0.255 e. The van der Waals surface area contributed by atoms with Crippen molar-refractivity contribution in [2.75, 3.05) is 13.1 Å². The molecule has 0 aliphatic carbocycles. The first-order valence-electron chi connectivity index (χ1n) is 13.5. The summed E-state index contributed by atoms with van der Waals surface area (Å²) >= 11 is 0. The molecule has 1 aromatic heterocycles. The number of carbonyl (C=O) groups is 3. The third kappa shape index (κ3) is 4.31. The number of benzene rings is 2. The first kappa shape index (κ1) is 26.3. The van der Waals surface area contributed by atoms with Gasteiger partial charge in [-0.25, -0.2) is 4.39 Å². The van der Waals surface area contributed by atoms with Crippen LogP contribution in [0.1, 0.15) is 60.2 Å². The third-order valence-electron chi connectivity index (χ3n) is 8.72. The van der Waals surface area contributed by atoms with Crippen LogP contribution in [0.2, 0.25) is 0 Å². The van der Waals surface area contributed by atoms with Crippen molar-refractivity contribution < 1.29 is 28.4 Å². The molecule has 3 aromatic rings. The molecule has 6 rings (SSSR count). The summed E-state index contributed by atoms with van der Waals surface area (Å²) in [6, 6.07) is 12.1. The summed E-state index contributed by atoms with van der Waals surface area (Å²) in [5.74, 6) is -1.96. The number of hydrogen-bond acceptors (Lipinski definition) is 7. The van der Waals surface area contributed by atoms with Gasteiger partial charge >= 0.3 is 0 Å². The Kier molecular flexibility index (Phi) is 6.35. The molecule has 3 amide bonds. The predicted molar refractivity (Wildman–Crippen MR) is 142 cm³/mol. The Balaban J connectivity index is 1.19. The molecular formula is C30H31FN4O5. The molecule has 2 aromatic carbocycles. The van der Waals surface area contributed by atoms with Gasteiger partial charge in [0.1, 0.15) is 23.8 Å². The summed E-state index contributed by atoms with van der Waals surface area (Å²) in [5, 5.41) is 18.2. The van der Waals surface area contributed by atoms with Crippen LogP contribution in [0, 0.1) is 11.2 Å². The van der Waals surface area contributed by atoms with Crippen LogP contribution >= 0.6 is 0 Å². The van der Waals surface area contributed by atoms with Crippen LogP contribution in [0.25, 0.3) is 11.3 Å². The second kappa shape index (κ2) is 9.64. The molecule has 9 nitrogen and oxygen atoms in total. The molecular weight excluding hydrogens is 515 g/mol. The monoisotopic (exact) mass is 546 g/mol. The summed E-state index contributed by atoms with van der Waals surface area (Å²) < 4.78 is 21.0. The lowest BCUT2D eigenvalue weighted by atomic mass is 9.66. The van der Waals surface area contributed by atoms with Gasteiger partial charge in [0.15, 0.2) is 0 Å². The summed E-state index contributed by atoms with van der Waals surface area (Å²) in [5.41, 5.74) is 1.25. The summed E-state index contributed by atoms with van der Waals surface area (Å²) in [6.45, 7) is 5.56. The molecule has 4 heterocycles. The maximum atomic E-state index is 16.1. The molecule has 0 saturated carbocycles. The minimum atomic E-state index is -1.45. The number of amides is 3. The number of hydrogen-bond donors (Lipinski definition) is 2. The molecule has 40 heavy (non-hydrogen) atoms. The molecule has 208 valence electrons.